The summed E-state index contributed by atoms with van der Waals surface area (Å²) in [4.78, 5) is 18.0. The van der Waals surface area contributed by atoms with Gasteiger partial charge in [-0.25, -0.2) is 9.37 Å². The summed E-state index contributed by atoms with van der Waals surface area (Å²) in [5, 5.41) is 3.24. The highest BCUT2D eigenvalue weighted by molar-refractivity contribution is 5.84. The van der Waals surface area contributed by atoms with Gasteiger partial charge in [-0.2, -0.15) is 0 Å². The maximum atomic E-state index is 13.4. The number of aromatic nitrogens is 1. The zero-order valence-electron chi connectivity index (χ0n) is 18.6. The third-order valence-electron chi connectivity index (χ3n) is 6.67. The molecule has 1 amide bonds. The van der Waals surface area contributed by atoms with Crippen LogP contribution in [0.1, 0.15) is 55.7 Å². The highest BCUT2D eigenvalue weighted by atomic mass is 19.1. The summed E-state index contributed by atoms with van der Waals surface area (Å²) < 4.78 is 19.1. The Labute approximate surface area is 192 Å². The largest absolute Gasteiger partial charge is 0.436 e. The van der Waals surface area contributed by atoms with Crippen molar-refractivity contribution in [1.82, 2.24) is 10.3 Å². The van der Waals surface area contributed by atoms with Crippen LogP contribution in [0.2, 0.25) is 0 Å². The molecule has 33 heavy (non-hydrogen) atoms. The van der Waals surface area contributed by atoms with Crippen LogP contribution in [0.25, 0.3) is 22.6 Å². The van der Waals surface area contributed by atoms with Gasteiger partial charge in [0, 0.05) is 5.56 Å². The summed E-state index contributed by atoms with van der Waals surface area (Å²) in [6.45, 7) is 2.00. The second kappa shape index (κ2) is 9.18. The van der Waals surface area contributed by atoms with Crippen LogP contribution in [0.15, 0.2) is 77.2 Å². The van der Waals surface area contributed by atoms with Gasteiger partial charge in [0.1, 0.15) is 11.3 Å². The van der Waals surface area contributed by atoms with E-state index in [0.717, 1.165) is 29.5 Å². The zero-order chi connectivity index (χ0) is 22.8. The van der Waals surface area contributed by atoms with E-state index in [4.69, 9.17) is 4.42 Å². The van der Waals surface area contributed by atoms with E-state index in [1.54, 1.807) is 12.1 Å². The second-order valence-corrected chi connectivity index (χ2v) is 8.92. The van der Waals surface area contributed by atoms with Crippen molar-refractivity contribution < 1.29 is 13.6 Å². The predicted molar refractivity (Wildman–Crippen MR) is 127 cm³/mol. The van der Waals surface area contributed by atoms with E-state index in [1.165, 1.54) is 25.0 Å². The van der Waals surface area contributed by atoms with Crippen molar-refractivity contribution in [2.24, 2.45) is 5.92 Å². The van der Waals surface area contributed by atoms with Gasteiger partial charge in [0.15, 0.2) is 5.58 Å². The third-order valence-corrected chi connectivity index (χ3v) is 6.67. The van der Waals surface area contributed by atoms with Gasteiger partial charge < -0.3 is 9.73 Å². The number of nitrogens with zero attached hydrogens (tertiary/aromatic N) is 1. The topological polar surface area (TPSA) is 55.1 Å². The Balaban J connectivity index is 1.36. The summed E-state index contributed by atoms with van der Waals surface area (Å²) in [5.74, 6) is 0.484. The Morgan fingerprint density at radius 2 is 1.73 bits per heavy atom. The zero-order valence-corrected chi connectivity index (χ0v) is 18.6. The minimum Gasteiger partial charge on any atom is -0.436 e. The van der Waals surface area contributed by atoms with E-state index in [-0.39, 0.29) is 23.7 Å². The number of nitrogens with one attached hydrogen (secondary N) is 1. The van der Waals surface area contributed by atoms with Gasteiger partial charge in [-0.05, 0) is 73.2 Å². The van der Waals surface area contributed by atoms with Crippen molar-refractivity contribution in [3.63, 3.8) is 0 Å². The van der Waals surface area contributed by atoms with Crippen LogP contribution in [0.3, 0.4) is 0 Å². The molecule has 0 unspecified atom stereocenters. The van der Waals surface area contributed by atoms with Crippen molar-refractivity contribution in [3.05, 3.63) is 89.7 Å². The molecule has 1 aliphatic rings. The molecular formula is C28H27FN2O2. The van der Waals surface area contributed by atoms with Crippen LogP contribution in [0.5, 0.6) is 0 Å². The van der Waals surface area contributed by atoms with Crippen molar-refractivity contribution in [1.29, 1.82) is 0 Å². The first kappa shape index (κ1) is 21.4. The minimum absolute atomic E-state index is 0.0767. The highest BCUT2D eigenvalue weighted by Gasteiger charge is 2.32. The monoisotopic (exact) mass is 442 g/mol. The van der Waals surface area contributed by atoms with E-state index in [1.807, 2.05) is 43.3 Å². The molecule has 5 rings (SSSR count). The number of fused-ring (bicyclic) bond motifs is 1. The Bertz CT molecular complexity index is 1240. The predicted octanol–water partition coefficient (Wildman–Crippen LogP) is 6.79. The molecule has 5 heteroatoms. The van der Waals surface area contributed by atoms with Gasteiger partial charge in [0.2, 0.25) is 11.8 Å². The van der Waals surface area contributed by atoms with Gasteiger partial charge >= 0.3 is 0 Å². The van der Waals surface area contributed by atoms with Crippen LogP contribution in [0.4, 0.5) is 4.39 Å². The number of halogens is 1. The number of carbonyl (C=O) groups is 1. The average Bonchev–Trinajstić information content (AvgIpc) is 3.50. The fourth-order valence-corrected chi connectivity index (χ4v) is 4.90. The van der Waals surface area contributed by atoms with E-state index in [9.17, 15) is 9.18 Å². The molecule has 0 saturated heterocycles. The summed E-state index contributed by atoms with van der Waals surface area (Å²) in [7, 11) is 0. The molecule has 3 aromatic carbocycles. The van der Waals surface area contributed by atoms with Crippen molar-refractivity contribution in [2.75, 3.05) is 0 Å². The standard InChI is InChI=1S/C28H27FN2O2/c1-18(30-27(32)26(20-9-5-6-10-20)19-7-3-2-4-8-19)22-13-16-25-24(17-22)31-28(33-25)21-11-14-23(29)15-12-21/h2-4,7-8,11-18,20,26H,5-6,9-10H2,1H3,(H,30,32)/t18-,26+/m0/s1. The second-order valence-electron chi connectivity index (χ2n) is 8.92. The number of rotatable bonds is 6. The summed E-state index contributed by atoms with van der Waals surface area (Å²) in [6, 6.07) is 21.8. The van der Waals surface area contributed by atoms with Gasteiger partial charge in [-0.1, -0.05) is 49.2 Å². The number of amides is 1. The van der Waals surface area contributed by atoms with E-state index in [0.29, 0.717) is 22.9 Å². The maximum absolute atomic E-state index is 13.4. The fraction of sp³-hybridized carbons (Fsp3) is 0.286. The molecule has 0 aliphatic heterocycles. The molecule has 1 heterocycles. The molecule has 4 aromatic rings. The van der Waals surface area contributed by atoms with Gasteiger partial charge in [0.25, 0.3) is 0 Å². The van der Waals surface area contributed by atoms with Crippen LogP contribution in [-0.4, -0.2) is 10.9 Å². The lowest BCUT2D eigenvalue weighted by Gasteiger charge is -2.25. The number of hydrogen-bond donors (Lipinski definition) is 1. The van der Waals surface area contributed by atoms with Crippen LogP contribution in [-0.2, 0) is 4.79 Å². The maximum Gasteiger partial charge on any atom is 0.228 e. The van der Waals surface area contributed by atoms with Crippen molar-refractivity contribution in [2.45, 2.75) is 44.6 Å². The Kier molecular flexibility index (Phi) is 5.95. The molecule has 0 radical (unpaired) electrons. The number of hydrogen-bond acceptors (Lipinski definition) is 3. The molecular weight excluding hydrogens is 415 g/mol. The first-order valence-corrected chi connectivity index (χ1v) is 11.6. The molecule has 1 saturated carbocycles. The normalized spacial score (nSPS) is 16.1. The average molecular weight is 443 g/mol. The van der Waals surface area contributed by atoms with Crippen LogP contribution in [0, 0.1) is 11.7 Å². The summed E-state index contributed by atoms with van der Waals surface area (Å²) in [6.07, 6.45) is 4.57. The molecule has 168 valence electrons. The molecule has 0 bridgehead atoms. The van der Waals surface area contributed by atoms with E-state index in [2.05, 4.69) is 22.4 Å². The summed E-state index contributed by atoms with van der Waals surface area (Å²) in [5.41, 5.74) is 4.14. The molecule has 4 nitrogen and oxygen atoms in total. The molecule has 1 aliphatic carbocycles. The van der Waals surface area contributed by atoms with Gasteiger partial charge in [-0.3, -0.25) is 4.79 Å². The number of carbonyl (C=O) groups excluding carboxylic acids is 1. The Hall–Kier alpha value is -3.47. The smallest absolute Gasteiger partial charge is 0.228 e. The first-order chi connectivity index (χ1) is 16.1. The SMILES string of the molecule is C[C@H](NC(=O)[C@H](c1ccccc1)C1CCCC1)c1ccc2oc(-c3ccc(F)cc3)nc2c1. The van der Waals surface area contributed by atoms with Crippen molar-refractivity contribution in [3.8, 4) is 11.5 Å². The minimum atomic E-state index is -0.298. The van der Waals surface area contributed by atoms with Gasteiger partial charge in [-0.15, -0.1) is 0 Å². The quantitative estimate of drug-likeness (QED) is 0.358. The van der Waals surface area contributed by atoms with Crippen molar-refractivity contribution >= 4 is 17.0 Å². The molecule has 1 fully saturated rings. The Morgan fingerprint density at radius 3 is 2.45 bits per heavy atom. The third kappa shape index (κ3) is 4.54. The van der Waals surface area contributed by atoms with Gasteiger partial charge in [0.05, 0.1) is 12.0 Å². The first-order valence-electron chi connectivity index (χ1n) is 11.6. The highest BCUT2D eigenvalue weighted by Crippen LogP contribution is 2.38. The van der Waals surface area contributed by atoms with E-state index < -0.39 is 0 Å². The lowest BCUT2D eigenvalue weighted by Crippen LogP contribution is -2.34. The van der Waals surface area contributed by atoms with E-state index >= 15 is 0 Å². The number of oxazole rings is 1. The summed E-state index contributed by atoms with van der Waals surface area (Å²) >= 11 is 0. The van der Waals surface area contributed by atoms with Crippen LogP contribution >= 0.6 is 0 Å². The molecule has 1 aromatic heterocycles. The van der Waals surface area contributed by atoms with Crippen LogP contribution < -0.4 is 5.32 Å². The number of benzene rings is 3. The lowest BCUT2D eigenvalue weighted by molar-refractivity contribution is -0.124. The fourth-order valence-electron chi connectivity index (χ4n) is 4.90. The molecule has 0 spiro atoms. The molecule has 1 N–H and O–H groups in total. The Morgan fingerprint density at radius 1 is 1.00 bits per heavy atom. The lowest BCUT2D eigenvalue weighted by atomic mass is 9.84. The molecule has 2 atom stereocenters.